The second-order valence-electron chi connectivity index (χ2n) is 4.47. The molecule has 0 aromatic carbocycles. The molecule has 1 aromatic heterocycles. The van der Waals surface area contributed by atoms with Crippen molar-refractivity contribution in [2.75, 3.05) is 11.9 Å². The number of rotatable bonds is 5. The fraction of sp³-hybridized carbons (Fsp3) is 0.727. The first kappa shape index (κ1) is 9.56. The smallest absolute Gasteiger partial charge is 0.202 e. The SMILES string of the molecule is CCCC1(CNc2nccn2C)CC1. The predicted octanol–water partition coefficient (Wildman–Crippen LogP) is 2.41. The van der Waals surface area contributed by atoms with Crippen LogP contribution in [0.4, 0.5) is 5.95 Å². The Morgan fingerprint density at radius 2 is 2.36 bits per heavy atom. The molecule has 0 spiro atoms. The van der Waals surface area contributed by atoms with Gasteiger partial charge in [0.15, 0.2) is 0 Å². The summed E-state index contributed by atoms with van der Waals surface area (Å²) in [5.74, 6) is 0.993. The van der Waals surface area contributed by atoms with Gasteiger partial charge in [-0.25, -0.2) is 4.98 Å². The van der Waals surface area contributed by atoms with E-state index in [0.29, 0.717) is 5.41 Å². The number of anilines is 1. The van der Waals surface area contributed by atoms with Crippen LogP contribution < -0.4 is 5.32 Å². The highest BCUT2D eigenvalue weighted by molar-refractivity contribution is 5.26. The van der Waals surface area contributed by atoms with Gasteiger partial charge in [0.05, 0.1) is 0 Å². The van der Waals surface area contributed by atoms with Crippen molar-refractivity contribution in [2.24, 2.45) is 12.5 Å². The van der Waals surface area contributed by atoms with Gasteiger partial charge in [0, 0.05) is 26.0 Å². The highest BCUT2D eigenvalue weighted by Crippen LogP contribution is 2.49. The third-order valence-corrected chi connectivity index (χ3v) is 3.18. The van der Waals surface area contributed by atoms with Crippen molar-refractivity contribution in [3.8, 4) is 0 Å². The van der Waals surface area contributed by atoms with Crippen molar-refractivity contribution in [1.82, 2.24) is 9.55 Å². The Labute approximate surface area is 85.5 Å². The van der Waals surface area contributed by atoms with E-state index in [2.05, 4.69) is 17.2 Å². The molecule has 0 unspecified atom stereocenters. The first-order valence-corrected chi connectivity index (χ1v) is 5.47. The fourth-order valence-corrected chi connectivity index (χ4v) is 2.02. The van der Waals surface area contributed by atoms with Gasteiger partial charge in [-0.3, -0.25) is 0 Å². The number of hydrogen-bond acceptors (Lipinski definition) is 2. The Kier molecular flexibility index (Phi) is 2.48. The lowest BCUT2D eigenvalue weighted by Gasteiger charge is -2.15. The van der Waals surface area contributed by atoms with Gasteiger partial charge in [0.25, 0.3) is 0 Å². The third kappa shape index (κ3) is 1.91. The predicted molar refractivity (Wildman–Crippen MR) is 58.3 cm³/mol. The molecule has 1 saturated carbocycles. The normalized spacial score (nSPS) is 18.1. The van der Waals surface area contributed by atoms with E-state index >= 15 is 0 Å². The average molecular weight is 193 g/mol. The summed E-state index contributed by atoms with van der Waals surface area (Å²) in [6.07, 6.45) is 9.23. The van der Waals surface area contributed by atoms with Gasteiger partial charge in [-0.05, 0) is 24.7 Å². The van der Waals surface area contributed by atoms with E-state index in [0.717, 1.165) is 12.5 Å². The summed E-state index contributed by atoms with van der Waals surface area (Å²) < 4.78 is 2.03. The molecule has 2 rings (SSSR count). The van der Waals surface area contributed by atoms with Gasteiger partial charge in [-0.15, -0.1) is 0 Å². The summed E-state index contributed by atoms with van der Waals surface area (Å²) in [5, 5.41) is 3.43. The molecule has 0 radical (unpaired) electrons. The lowest BCUT2D eigenvalue weighted by molar-refractivity contribution is 0.483. The van der Waals surface area contributed by atoms with E-state index < -0.39 is 0 Å². The molecule has 1 aliphatic carbocycles. The molecular formula is C11H19N3. The molecule has 78 valence electrons. The molecule has 1 N–H and O–H groups in total. The molecule has 1 fully saturated rings. The third-order valence-electron chi connectivity index (χ3n) is 3.18. The summed E-state index contributed by atoms with van der Waals surface area (Å²) >= 11 is 0. The van der Waals surface area contributed by atoms with Crippen molar-refractivity contribution in [3.63, 3.8) is 0 Å². The van der Waals surface area contributed by atoms with Crippen molar-refractivity contribution >= 4 is 5.95 Å². The Balaban J connectivity index is 1.86. The molecule has 1 aliphatic rings. The largest absolute Gasteiger partial charge is 0.355 e. The lowest BCUT2D eigenvalue weighted by atomic mass is 10.0. The lowest BCUT2D eigenvalue weighted by Crippen LogP contribution is -2.17. The number of aromatic nitrogens is 2. The van der Waals surface area contributed by atoms with Crippen LogP contribution in [-0.4, -0.2) is 16.1 Å². The molecule has 0 aliphatic heterocycles. The molecule has 1 heterocycles. The average Bonchev–Trinajstić information content (AvgIpc) is 2.81. The minimum absolute atomic E-state index is 0.598. The topological polar surface area (TPSA) is 29.9 Å². The van der Waals surface area contributed by atoms with E-state index in [1.54, 1.807) is 0 Å². The molecule has 14 heavy (non-hydrogen) atoms. The van der Waals surface area contributed by atoms with E-state index in [9.17, 15) is 0 Å². The summed E-state index contributed by atoms with van der Waals surface area (Å²) in [5.41, 5.74) is 0.598. The second-order valence-corrected chi connectivity index (χ2v) is 4.47. The van der Waals surface area contributed by atoms with Crippen LogP contribution in [0.1, 0.15) is 32.6 Å². The molecule has 0 amide bonds. The van der Waals surface area contributed by atoms with E-state index in [-0.39, 0.29) is 0 Å². The molecule has 0 saturated heterocycles. The molecular weight excluding hydrogens is 174 g/mol. The second kappa shape index (κ2) is 3.64. The highest BCUT2D eigenvalue weighted by Gasteiger charge is 2.41. The highest BCUT2D eigenvalue weighted by atomic mass is 15.2. The van der Waals surface area contributed by atoms with Crippen LogP contribution in [0.15, 0.2) is 12.4 Å². The first-order chi connectivity index (χ1) is 6.76. The monoisotopic (exact) mass is 193 g/mol. The zero-order chi connectivity index (χ0) is 10.0. The van der Waals surface area contributed by atoms with Gasteiger partial charge in [0.2, 0.25) is 5.95 Å². The van der Waals surface area contributed by atoms with Crippen molar-refractivity contribution in [1.29, 1.82) is 0 Å². The van der Waals surface area contributed by atoms with Gasteiger partial charge in [-0.1, -0.05) is 13.3 Å². The van der Waals surface area contributed by atoms with Crippen LogP contribution in [0.3, 0.4) is 0 Å². The van der Waals surface area contributed by atoms with Gasteiger partial charge in [0.1, 0.15) is 0 Å². The van der Waals surface area contributed by atoms with Crippen LogP contribution in [0.25, 0.3) is 0 Å². The van der Waals surface area contributed by atoms with Crippen LogP contribution in [0.2, 0.25) is 0 Å². The number of aryl methyl sites for hydroxylation is 1. The molecule has 0 atom stereocenters. The Bertz CT molecular complexity index is 299. The molecule has 1 aromatic rings. The maximum Gasteiger partial charge on any atom is 0.202 e. The summed E-state index contributed by atoms with van der Waals surface area (Å²) in [6.45, 7) is 3.35. The Hall–Kier alpha value is -0.990. The van der Waals surface area contributed by atoms with Crippen LogP contribution >= 0.6 is 0 Å². The van der Waals surface area contributed by atoms with Crippen LogP contribution in [0, 0.1) is 5.41 Å². The van der Waals surface area contributed by atoms with Gasteiger partial charge >= 0.3 is 0 Å². The molecule has 0 bridgehead atoms. The van der Waals surface area contributed by atoms with E-state index in [1.165, 1.54) is 25.7 Å². The van der Waals surface area contributed by atoms with Gasteiger partial charge in [-0.2, -0.15) is 0 Å². The zero-order valence-corrected chi connectivity index (χ0v) is 9.08. The van der Waals surface area contributed by atoms with Crippen LogP contribution in [-0.2, 0) is 7.05 Å². The summed E-state index contributed by atoms with van der Waals surface area (Å²) in [4.78, 5) is 4.26. The molecule has 3 heteroatoms. The van der Waals surface area contributed by atoms with E-state index in [1.807, 2.05) is 24.0 Å². The van der Waals surface area contributed by atoms with Crippen molar-refractivity contribution in [2.45, 2.75) is 32.6 Å². The van der Waals surface area contributed by atoms with E-state index in [4.69, 9.17) is 0 Å². The minimum Gasteiger partial charge on any atom is -0.355 e. The number of imidazole rings is 1. The Morgan fingerprint density at radius 1 is 1.57 bits per heavy atom. The summed E-state index contributed by atoms with van der Waals surface area (Å²) in [7, 11) is 2.02. The number of nitrogens with one attached hydrogen (secondary N) is 1. The van der Waals surface area contributed by atoms with Crippen LogP contribution in [0.5, 0.6) is 0 Å². The van der Waals surface area contributed by atoms with Crippen molar-refractivity contribution in [3.05, 3.63) is 12.4 Å². The standard InChI is InChI=1S/C11H19N3/c1-3-4-11(5-6-11)9-13-10-12-7-8-14(10)2/h7-8H,3-6,9H2,1-2H3,(H,12,13). The Morgan fingerprint density at radius 3 is 2.86 bits per heavy atom. The first-order valence-electron chi connectivity index (χ1n) is 5.47. The maximum atomic E-state index is 4.26. The maximum absolute atomic E-state index is 4.26. The van der Waals surface area contributed by atoms with Crippen molar-refractivity contribution < 1.29 is 0 Å². The quantitative estimate of drug-likeness (QED) is 0.778. The zero-order valence-electron chi connectivity index (χ0n) is 9.08. The molecule has 3 nitrogen and oxygen atoms in total. The van der Waals surface area contributed by atoms with Gasteiger partial charge < -0.3 is 9.88 Å². The number of hydrogen-bond donors (Lipinski definition) is 1. The minimum atomic E-state index is 0.598. The summed E-state index contributed by atoms with van der Waals surface area (Å²) in [6, 6.07) is 0. The number of nitrogens with zero attached hydrogens (tertiary/aromatic N) is 2. The fourth-order valence-electron chi connectivity index (χ4n) is 2.02.